The van der Waals surface area contributed by atoms with Crippen molar-refractivity contribution in [1.82, 2.24) is 9.13 Å². The maximum absolute atomic E-state index is 12.6. The Bertz CT molecular complexity index is 928. The SMILES string of the molecule is CCCn1c(N)c(C(=O)CSc2cc(C)ccc2C)c(=O)n(C)c1=O. The number of thioether (sulfide) groups is 1. The van der Waals surface area contributed by atoms with Crippen LogP contribution in [0.5, 0.6) is 0 Å². The molecule has 2 aromatic rings. The summed E-state index contributed by atoms with van der Waals surface area (Å²) < 4.78 is 2.24. The van der Waals surface area contributed by atoms with Gasteiger partial charge in [0, 0.05) is 18.5 Å². The highest BCUT2D eigenvalue weighted by Crippen LogP contribution is 2.24. The summed E-state index contributed by atoms with van der Waals surface area (Å²) in [6.45, 7) is 6.22. The van der Waals surface area contributed by atoms with Crippen molar-refractivity contribution in [3.8, 4) is 0 Å². The van der Waals surface area contributed by atoms with Crippen LogP contribution in [-0.2, 0) is 13.6 Å². The van der Waals surface area contributed by atoms with E-state index in [0.717, 1.165) is 20.6 Å². The number of nitrogens with zero attached hydrogens (tertiary/aromatic N) is 2. The van der Waals surface area contributed by atoms with Crippen LogP contribution >= 0.6 is 11.8 Å². The molecule has 2 rings (SSSR count). The summed E-state index contributed by atoms with van der Waals surface area (Å²) >= 11 is 1.37. The molecule has 134 valence electrons. The van der Waals surface area contributed by atoms with Crippen LogP contribution in [0.25, 0.3) is 0 Å². The van der Waals surface area contributed by atoms with E-state index in [1.807, 2.05) is 39.0 Å². The van der Waals surface area contributed by atoms with Crippen LogP contribution in [0.1, 0.15) is 34.8 Å². The molecule has 0 fully saturated rings. The van der Waals surface area contributed by atoms with Crippen molar-refractivity contribution in [2.75, 3.05) is 11.5 Å². The van der Waals surface area contributed by atoms with Crippen molar-refractivity contribution in [1.29, 1.82) is 0 Å². The van der Waals surface area contributed by atoms with Gasteiger partial charge in [-0.3, -0.25) is 18.7 Å². The number of aromatic nitrogens is 2. The average molecular weight is 361 g/mol. The molecule has 1 aromatic carbocycles. The highest BCUT2D eigenvalue weighted by atomic mass is 32.2. The lowest BCUT2D eigenvalue weighted by Gasteiger charge is -2.14. The monoisotopic (exact) mass is 361 g/mol. The first-order valence-corrected chi connectivity index (χ1v) is 9.09. The lowest BCUT2D eigenvalue weighted by molar-refractivity contribution is 0.102. The first-order chi connectivity index (χ1) is 11.8. The molecule has 0 saturated heterocycles. The quantitative estimate of drug-likeness (QED) is 0.629. The molecule has 2 N–H and O–H groups in total. The summed E-state index contributed by atoms with van der Waals surface area (Å²) in [5, 5.41) is 0. The molecule has 0 saturated carbocycles. The molecule has 0 aliphatic carbocycles. The number of hydrogen-bond acceptors (Lipinski definition) is 5. The number of carbonyl (C=O) groups is 1. The minimum Gasteiger partial charge on any atom is -0.384 e. The number of hydrogen-bond donors (Lipinski definition) is 1. The minimum atomic E-state index is -0.638. The molecule has 0 aliphatic heterocycles. The molecule has 25 heavy (non-hydrogen) atoms. The number of anilines is 1. The lowest BCUT2D eigenvalue weighted by Crippen LogP contribution is -2.42. The van der Waals surface area contributed by atoms with Crippen LogP contribution in [0.2, 0.25) is 0 Å². The molecule has 0 aliphatic rings. The fourth-order valence-electron chi connectivity index (χ4n) is 2.56. The molecule has 1 aromatic heterocycles. The molecule has 0 bridgehead atoms. The molecule has 0 unspecified atom stereocenters. The maximum atomic E-state index is 12.6. The van der Waals surface area contributed by atoms with Crippen molar-refractivity contribution < 1.29 is 4.79 Å². The van der Waals surface area contributed by atoms with E-state index in [4.69, 9.17) is 5.73 Å². The van der Waals surface area contributed by atoms with Gasteiger partial charge in [0.2, 0.25) is 0 Å². The summed E-state index contributed by atoms with van der Waals surface area (Å²) in [6, 6.07) is 6.01. The van der Waals surface area contributed by atoms with E-state index in [-0.39, 0.29) is 22.9 Å². The van der Waals surface area contributed by atoms with E-state index < -0.39 is 11.2 Å². The normalized spacial score (nSPS) is 10.9. The van der Waals surface area contributed by atoms with Crippen molar-refractivity contribution >= 4 is 23.4 Å². The molecule has 0 amide bonds. The van der Waals surface area contributed by atoms with E-state index in [1.54, 1.807) is 0 Å². The number of aryl methyl sites for hydroxylation is 2. The number of Topliss-reactive ketones (excluding diaryl/α,β-unsaturated/α-hetero) is 1. The van der Waals surface area contributed by atoms with Crippen LogP contribution in [-0.4, -0.2) is 20.7 Å². The third-order valence-corrected chi connectivity index (χ3v) is 5.17. The number of carbonyl (C=O) groups excluding carboxylic acids is 1. The number of rotatable bonds is 6. The summed E-state index contributed by atoms with van der Waals surface area (Å²) in [5.41, 5.74) is 6.92. The highest BCUT2D eigenvalue weighted by Gasteiger charge is 2.21. The second-order valence-corrected chi connectivity index (χ2v) is 7.06. The fourth-order valence-corrected chi connectivity index (χ4v) is 3.56. The van der Waals surface area contributed by atoms with E-state index in [9.17, 15) is 14.4 Å². The van der Waals surface area contributed by atoms with Gasteiger partial charge in [0.1, 0.15) is 11.4 Å². The van der Waals surface area contributed by atoms with E-state index in [0.29, 0.717) is 13.0 Å². The fraction of sp³-hybridized carbons (Fsp3) is 0.389. The van der Waals surface area contributed by atoms with Crippen molar-refractivity contribution in [3.05, 3.63) is 55.7 Å². The van der Waals surface area contributed by atoms with Gasteiger partial charge >= 0.3 is 5.69 Å². The van der Waals surface area contributed by atoms with E-state index in [2.05, 4.69) is 0 Å². The van der Waals surface area contributed by atoms with Gasteiger partial charge in [-0.05, 0) is 31.9 Å². The first-order valence-electron chi connectivity index (χ1n) is 8.10. The molecule has 0 atom stereocenters. The van der Waals surface area contributed by atoms with Gasteiger partial charge in [-0.2, -0.15) is 0 Å². The Labute approximate surface area is 150 Å². The Morgan fingerprint density at radius 3 is 2.56 bits per heavy atom. The van der Waals surface area contributed by atoms with Crippen LogP contribution in [0, 0.1) is 13.8 Å². The van der Waals surface area contributed by atoms with Gasteiger partial charge in [-0.15, -0.1) is 11.8 Å². The van der Waals surface area contributed by atoms with Crippen molar-refractivity contribution in [3.63, 3.8) is 0 Å². The first kappa shape index (κ1) is 19.1. The third-order valence-electron chi connectivity index (χ3n) is 4.01. The van der Waals surface area contributed by atoms with Gasteiger partial charge in [0.15, 0.2) is 5.78 Å². The van der Waals surface area contributed by atoms with Gasteiger partial charge in [-0.1, -0.05) is 24.6 Å². The zero-order chi connectivity index (χ0) is 18.7. The second-order valence-electron chi connectivity index (χ2n) is 6.04. The van der Waals surface area contributed by atoms with Crippen molar-refractivity contribution in [2.45, 2.75) is 38.6 Å². The Morgan fingerprint density at radius 1 is 1.24 bits per heavy atom. The van der Waals surface area contributed by atoms with E-state index in [1.165, 1.54) is 23.4 Å². The minimum absolute atomic E-state index is 0.0403. The van der Waals surface area contributed by atoms with Crippen molar-refractivity contribution in [2.24, 2.45) is 7.05 Å². The summed E-state index contributed by atoms with van der Waals surface area (Å²) in [4.78, 5) is 38.2. The van der Waals surface area contributed by atoms with Crippen LogP contribution < -0.4 is 17.0 Å². The largest absolute Gasteiger partial charge is 0.384 e. The number of ketones is 1. The topological polar surface area (TPSA) is 87.1 Å². The Hall–Kier alpha value is -2.28. The molecular formula is C18H23N3O3S. The lowest BCUT2D eigenvalue weighted by atomic mass is 10.2. The highest BCUT2D eigenvalue weighted by molar-refractivity contribution is 8.00. The summed E-state index contributed by atoms with van der Waals surface area (Å²) in [7, 11) is 1.37. The maximum Gasteiger partial charge on any atom is 0.332 e. The molecule has 6 nitrogen and oxygen atoms in total. The van der Waals surface area contributed by atoms with E-state index >= 15 is 0 Å². The summed E-state index contributed by atoms with van der Waals surface area (Å²) in [6.07, 6.45) is 0.674. The number of nitrogens with two attached hydrogens (primary N) is 1. The third kappa shape index (κ3) is 3.87. The average Bonchev–Trinajstić information content (AvgIpc) is 2.57. The second kappa shape index (κ2) is 7.74. The molecule has 7 heteroatoms. The molecule has 0 spiro atoms. The summed E-state index contributed by atoms with van der Waals surface area (Å²) in [5.74, 6) is -0.316. The Kier molecular flexibility index (Phi) is 5.89. The van der Waals surface area contributed by atoms with Crippen LogP contribution in [0.4, 0.5) is 5.82 Å². The molecular weight excluding hydrogens is 338 g/mol. The molecule has 1 heterocycles. The van der Waals surface area contributed by atoms with Crippen LogP contribution in [0.15, 0.2) is 32.7 Å². The van der Waals surface area contributed by atoms with Gasteiger partial charge in [0.05, 0.1) is 5.75 Å². The Balaban J connectivity index is 2.38. The zero-order valence-corrected chi connectivity index (χ0v) is 15.8. The molecule has 0 radical (unpaired) electrons. The predicted octanol–water partition coefficient (Wildman–Crippen LogP) is 2.13. The standard InChI is InChI=1S/C18H23N3O3S/c1-5-8-21-16(19)15(17(23)20(4)18(21)24)13(22)10-25-14-9-11(2)6-7-12(14)3/h6-7,9H,5,8,10,19H2,1-4H3. The predicted molar refractivity (Wildman–Crippen MR) is 102 cm³/mol. The number of nitrogen functional groups attached to an aromatic ring is 1. The van der Waals surface area contributed by atoms with Gasteiger partial charge < -0.3 is 5.73 Å². The van der Waals surface area contributed by atoms with Gasteiger partial charge in [0.25, 0.3) is 5.56 Å². The van der Waals surface area contributed by atoms with Gasteiger partial charge in [-0.25, -0.2) is 4.79 Å². The number of benzene rings is 1. The smallest absolute Gasteiger partial charge is 0.332 e. The Morgan fingerprint density at radius 2 is 1.92 bits per heavy atom. The van der Waals surface area contributed by atoms with Crippen LogP contribution in [0.3, 0.4) is 0 Å². The zero-order valence-electron chi connectivity index (χ0n) is 15.0.